The van der Waals surface area contributed by atoms with Crippen LogP contribution in [0.5, 0.6) is 0 Å². The van der Waals surface area contributed by atoms with E-state index in [9.17, 15) is 26.3 Å². The summed E-state index contributed by atoms with van der Waals surface area (Å²) in [5, 5.41) is 0. The van der Waals surface area contributed by atoms with Crippen molar-refractivity contribution in [3.8, 4) is 0 Å². The Hall–Kier alpha value is -2.06. The molecule has 0 saturated carbocycles. The number of rotatable bonds is 7. The molecule has 2 aromatic carbocycles. The number of halogens is 6. The number of methoxy groups -OCH3 is 1. The van der Waals surface area contributed by atoms with Crippen LogP contribution in [-0.2, 0) is 41.5 Å². The van der Waals surface area contributed by atoms with Crippen LogP contribution >= 0.6 is 0 Å². The first-order chi connectivity index (χ1) is 12.6. The zero-order chi connectivity index (χ0) is 20.1. The van der Waals surface area contributed by atoms with E-state index in [1.807, 2.05) is 24.3 Å². The van der Waals surface area contributed by atoms with Crippen molar-refractivity contribution in [2.24, 2.45) is 0 Å². The number of hydrogen-bond donors (Lipinski definition) is 0. The van der Waals surface area contributed by atoms with Crippen LogP contribution in [0.25, 0.3) is 0 Å². The molecule has 8 heteroatoms. The standard InChI is InChI=1S/C19H18F6O2/c1-26-11-14-4-2-3-13(7-14)5-6-27-12-15-8-16(18(20,21)22)10-17(9-15)19(23,24)25/h2-4,7-10H,5-6,11-12H2,1H3. The van der Waals surface area contributed by atoms with Crippen molar-refractivity contribution in [1.82, 2.24) is 0 Å². The van der Waals surface area contributed by atoms with Crippen molar-refractivity contribution in [3.63, 3.8) is 0 Å². The molecule has 0 amide bonds. The summed E-state index contributed by atoms with van der Waals surface area (Å²) >= 11 is 0. The fourth-order valence-electron chi connectivity index (χ4n) is 2.52. The Morgan fingerprint density at radius 3 is 1.89 bits per heavy atom. The van der Waals surface area contributed by atoms with Gasteiger partial charge in [-0.25, -0.2) is 0 Å². The lowest BCUT2D eigenvalue weighted by Crippen LogP contribution is -2.12. The maximum atomic E-state index is 12.8. The van der Waals surface area contributed by atoms with Gasteiger partial charge < -0.3 is 9.47 Å². The Kier molecular flexibility index (Phi) is 6.89. The van der Waals surface area contributed by atoms with Crippen LogP contribution in [0.3, 0.4) is 0 Å². The third kappa shape index (κ3) is 6.55. The van der Waals surface area contributed by atoms with E-state index in [-0.39, 0.29) is 24.8 Å². The highest BCUT2D eigenvalue weighted by molar-refractivity contribution is 5.33. The lowest BCUT2D eigenvalue weighted by molar-refractivity contribution is -0.143. The van der Waals surface area contributed by atoms with Crippen LogP contribution in [0.4, 0.5) is 26.3 Å². The summed E-state index contributed by atoms with van der Waals surface area (Å²) in [7, 11) is 1.57. The quantitative estimate of drug-likeness (QED) is 0.449. The largest absolute Gasteiger partial charge is 0.416 e. The van der Waals surface area contributed by atoms with Crippen molar-refractivity contribution in [2.45, 2.75) is 32.0 Å². The molecule has 0 aliphatic carbocycles. The van der Waals surface area contributed by atoms with Gasteiger partial charge in [0.25, 0.3) is 0 Å². The van der Waals surface area contributed by atoms with E-state index < -0.39 is 23.5 Å². The Bertz CT molecular complexity index is 720. The van der Waals surface area contributed by atoms with Gasteiger partial charge in [-0.05, 0) is 41.3 Å². The zero-order valence-corrected chi connectivity index (χ0v) is 14.5. The molecule has 2 aromatic rings. The van der Waals surface area contributed by atoms with Crippen LogP contribution < -0.4 is 0 Å². The molecule has 0 N–H and O–H groups in total. The second-order valence-electron chi connectivity index (χ2n) is 5.97. The van der Waals surface area contributed by atoms with E-state index in [1.165, 1.54) is 0 Å². The van der Waals surface area contributed by atoms with Crippen molar-refractivity contribution in [1.29, 1.82) is 0 Å². The van der Waals surface area contributed by atoms with Crippen LogP contribution in [0.1, 0.15) is 27.8 Å². The van der Waals surface area contributed by atoms with Crippen LogP contribution in [0.15, 0.2) is 42.5 Å². The van der Waals surface area contributed by atoms with E-state index >= 15 is 0 Å². The van der Waals surface area contributed by atoms with Gasteiger partial charge in [-0.3, -0.25) is 0 Å². The first kappa shape index (κ1) is 21.2. The average molecular weight is 392 g/mol. The van der Waals surface area contributed by atoms with E-state index in [4.69, 9.17) is 9.47 Å². The summed E-state index contributed by atoms with van der Waals surface area (Å²) in [4.78, 5) is 0. The number of hydrogen-bond acceptors (Lipinski definition) is 2. The zero-order valence-electron chi connectivity index (χ0n) is 14.5. The smallest absolute Gasteiger partial charge is 0.380 e. The summed E-state index contributed by atoms with van der Waals surface area (Å²) in [6.45, 7) is 0.262. The van der Waals surface area contributed by atoms with E-state index in [1.54, 1.807) is 7.11 Å². The summed E-state index contributed by atoms with van der Waals surface area (Å²) in [5.41, 5.74) is -0.969. The molecule has 0 aromatic heterocycles. The molecular formula is C19H18F6O2. The summed E-state index contributed by atoms with van der Waals surface area (Å²) in [5.74, 6) is 0. The fraction of sp³-hybridized carbons (Fsp3) is 0.368. The summed E-state index contributed by atoms with van der Waals surface area (Å²) in [6, 6.07) is 8.93. The lowest BCUT2D eigenvalue weighted by Gasteiger charge is -2.14. The number of alkyl halides is 6. The molecule has 148 valence electrons. The molecule has 0 fully saturated rings. The summed E-state index contributed by atoms with van der Waals surface area (Å²) in [6.07, 6.45) is -9.25. The monoisotopic (exact) mass is 392 g/mol. The minimum Gasteiger partial charge on any atom is -0.380 e. The minimum atomic E-state index is -4.86. The molecule has 0 heterocycles. The van der Waals surface area contributed by atoms with Crippen molar-refractivity contribution >= 4 is 0 Å². The van der Waals surface area contributed by atoms with Gasteiger partial charge in [-0.1, -0.05) is 24.3 Å². The average Bonchev–Trinajstić information content (AvgIpc) is 2.58. The summed E-state index contributed by atoms with van der Waals surface area (Å²) < 4.78 is 87.3. The first-order valence-corrected chi connectivity index (χ1v) is 8.02. The van der Waals surface area contributed by atoms with Crippen molar-refractivity contribution < 1.29 is 35.8 Å². The maximum absolute atomic E-state index is 12.8. The Balaban J connectivity index is 2.02. The maximum Gasteiger partial charge on any atom is 0.416 e. The molecule has 0 radical (unpaired) electrons. The van der Waals surface area contributed by atoms with Gasteiger partial charge in [0, 0.05) is 7.11 Å². The molecule has 0 aliphatic rings. The Morgan fingerprint density at radius 2 is 1.33 bits per heavy atom. The molecule has 0 spiro atoms. The highest BCUT2D eigenvalue weighted by atomic mass is 19.4. The first-order valence-electron chi connectivity index (χ1n) is 8.02. The Morgan fingerprint density at radius 1 is 0.741 bits per heavy atom. The van der Waals surface area contributed by atoms with Gasteiger partial charge in [-0.15, -0.1) is 0 Å². The molecule has 0 bridgehead atoms. The molecular weight excluding hydrogens is 374 g/mol. The molecule has 0 atom stereocenters. The van der Waals surface area contributed by atoms with Crippen molar-refractivity contribution in [2.75, 3.05) is 13.7 Å². The predicted molar refractivity (Wildman–Crippen MR) is 87.0 cm³/mol. The minimum absolute atomic E-state index is 0.102. The second-order valence-corrected chi connectivity index (χ2v) is 5.97. The predicted octanol–water partition coefficient (Wildman–Crippen LogP) is 5.63. The fourth-order valence-corrected chi connectivity index (χ4v) is 2.52. The van der Waals surface area contributed by atoms with Crippen LogP contribution in [0, 0.1) is 0 Å². The molecule has 0 unspecified atom stereocenters. The van der Waals surface area contributed by atoms with E-state index in [0.29, 0.717) is 25.2 Å². The van der Waals surface area contributed by atoms with Gasteiger partial charge >= 0.3 is 12.4 Å². The third-order valence-corrected chi connectivity index (χ3v) is 3.75. The van der Waals surface area contributed by atoms with Crippen LogP contribution in [0.2, 0.25) is 0 Å². The van der Waals surface area contributed by atoms with Gasteiger partial charge in [-0.2, -0.15) is 26.3 Å². The normalized spacial score (nSPS) is 12.4. The van der Waals surface area contributed by atoms with Gasteiger partial charge in [0.1, 0.15) is 0 Å². The Labute approximate surface area is 152 Å². The highest BCUT2D eigenvalue weighted by Crippen LogP contribution is 2.36. The topological polar surface area (TPSA) is 18.5 Å². The second kappa shape index (κ2) is 8.75. The van der Waals surface area contributed by atoms with Gasteiger partial charge in [0.2, 0.25) is 0 Å². The highest BCUT2D eigenvalue weighted by Gasteiger charge is 2.36. The van der Waals surface area contributed by atoms with Gasteiger partial charge in [0.15, 0.2) is 0 Å². The van der Waals surface area contributed by atoms with Crippen LogP contribution in [-0.4, -0.2) is 13.7 Å². The number of ether oxygens (including phenoxy) is 2. The molecule has 2 rings (SSSR count). The van der Waals surface area contributed by atoms with E-state index in [2.05, 4.69) is 0 Å². The lowest BCUT2D eigenvalue weighted by atomic mass is 10.1. The van der Waals surface area contributed by atoms with Crippen molar-refractivity contribution in [3.05, 3.63) is 70.3 Å². The molecule has 0 aliphatic heterocycles. The molecule has 2 nitrogen and oxygen atoms in total. The van der Waals surface area contributed by atoms with Gasteiger partial charge in [0.05, 0.1) is 30.9 Å². The number of benzene rings is 2. The molecule has 27 heavy (non-hydrogen) atoms. The third-order valence-electron chi connectivity index (χ3n) is 3.75. The molecule has 0 saturated heterocycles. The SMILES string of the molecule is COCc1cccc(CCOCc2cc(C(F)(F)F)cc(C(F)(F)F)c2)c1. The van der Waals surface area contributed by atoms with E-state index in [0.717, 1.165) is 11.1 Å².